The summed E-state index contributed by atoms with van der Waals surface area (Å²) >= 11 is 0. The van der Waals surface area contributed by atoms with Crippen LogP contribution in [-0.4, -0.2) is 72.1 Å². The summed E-state index contributed by atoms with van der Waals surface area (Å²) in [6.07, 6.45) is 15.0. The minimum atomic E-state index is -0.0490. The lowest BCUT2D eigenvalue weighted by molar-refractivity contribution is -0.117. The summed E-state index contributed by atoms with van der Waals surface area (Å²) in [4.78, 5) is 57.9. The van der Waals surface area contributed by atoms with Crippen LogP contribution in [-0.2, 0) is 9.59 Å². The van der Waals surface area contributed by atoms with Crippen molar-refractivity contribution in [2.24, 2.45) is 5.92 Å². The summed E-state index contributed by atoms with van der Waals surface area (Å²) in [5.74, 6) is 1.59. The Balaban J connectivity index is 0.000000156. The van der Waals surface area contributed by atoms with Crippen molar-refractivity contribution >= 4 is 67.1 Å². The highest BCUT2D eigenvalue weighted by molar-refractivity contribution is 6.01. The predicted molar refractivity (Wildman–Crippen MR) is 282 cm³/mol. The molecule has 0 radical (unpaired) electrons. The van der Waals surface area contributed by atoms with Crippen molar-refractivity contribution in [3.05, 3.63) is 159 Å². The van der Waals surface area contributed by atoms with Crippen LogP contribution in [0.2, 0.25) is 0 Å². The van der Waals surface area contributed by atoms with E-state index in [1.165, 1.54) is 0 Å². The molecule has 0 fully saturated rings. The van der Waals surface area contributed by atoms with Crippen LogP contribution in [0.5, 0.6) is 0 Å². The molecule has 352 valence electrons. The number of pyridine rings is 4. The molecular formula is C56H46N14O2. The van der Waals surface area contributed by atoms with Crippen molar-refractivity contribution in [2.45, 2.75) is 33.6 Å². The quantitative estimate of drug-likeness (QED) is 0.0719. The van der Waals surface area contributed by atoms with Gasteiger partial charge < -0.3 is 20.6 Å². The molecule has 0 spiro atoms. The normalized spacial score (nSPS) is 11.3. The fourth-order valence-corrected chi connectivity index (χ4v) is 8.71. The zero-order valence-corrected chi connectivity index (χ0v) is 39.4. The van der Waals surface area contributed by atoms with Crippen LogP contribution in [0.4, 0.5) is 11.4 Å². The molecule has 2 amide bonds. The average Bonchev–Trinajstić information content (AvgIpc) is 4.23. The summed E-state index contributed by atoms with van der Waals surface area (Å²) in [6.45, 7) is 5.86. The number of nitrogens with one attached hydrogen (secondary N) is 6. The van der Waals surface area contributed by atoms with Gasteiger partial charge in [0.2, 0.25) is 11.8 Å². The summed E-state index contributed by atoms with van der Waals surface area (Å²) in [5.41, 5.74) is 16.0. The van der Waals surface area contributed by atoms with Crippen LogP contribution in [0.1, 0.15) is 33.6 Å². The third-order valence-electron chi connectivity index (χ3n) is 12.2. The smallest absolute Gasteiger partial charge is 0.224 e. The molecule has 0 aliphatic heterocycles. The number of aromatic nitrogens is 12. The second-order valence-electron chi connectivity index (χ2n) is 17.7. The molecule has 0 unspecified atom stereocenters. The van der Waals surface area contributed by atoms with Gasteiger partial charge in [0, 0.05) is 94.2 Å². The Labute approximate surface area is 411 Å². The number of carbonyl (C=O) groups excluding carboxylic acids is 2. The highest BCUT2D eigenvalue weighted by atomic mass is 16.2. The summed E-state index contributed by atoms with van der Waals surface area (Å²) in [6, 6.07) is 36.0. The van der Waals surface area contributed by atoms with Crippen molar-refractivity contribution in [1.29, 1.82) is 0 Å². The number of amides is 2. The van der Waals surface area contributed by atoms with E-state index >= 15 is 0 Å². The van der Waals surface area contributed by atoms with Gasteiger partial charge in [-0.2, -0.15) is 10.2 Å². The monoisotopic (exact) mass is 946 g/mol. The second kappa shape index (κ2) is 19.4. The Kier molecular flexibility index (Phi) is 12.0. The van der Waals surface area contributed by atoms with E-state index in [1.807, 2.05) is 130 Å². The van der Waals surface area contributed by atoms with Gasteiger partial charge in [-0.3, -0.25) is 39.7 Å². The zero-order valence-electron chi connectivity index (χ0n) is 39.4. The van der Waals surface area contributed by atoms with Gasteiger partial charge in [-0.1, -0.05) is 69.3 Å². The first-order chi connectivity index (χ1) is 35.2. The molecule has 72 heavy (non-hydrogen) atoms. The number of carbonyl (C=O) groups is 2. The molecule has 12 aromatic rings. The second-order valence-corrected chi connectivity index (χ2v) is 17.7. The van der Waals surface area contributed by atoms with Gasteiger partial charge in [-0.05, 0) is 77.7 Å². The number of rotatable bonds is 11. The highest BCUT2D eigenvalue weighted by Crippen LogP contribution is 2.35. The van der Waals surface area contributed by atoms with E-state index in [0.717, 1.165) is 99.8 Å². The van der Waals surface area contributed by atoms with E-state index in [-0.39, 0.29) is 17.7 Å². The Morgan fingerprint density at radius 2 is 0.986 bits per heavy atom. The van der Waals surface area contributed by atoms with E-state index in [0.29, 0.717) is 35.9 Å². The van der Waals surface area contributed by atoms with E-state index < -0.39 is 0 Å². The van der Waals surface area contributed by atoms with Crippen molar-refractivity contribution in [1.82, 2.24) is 60.3 Å². The van der Waals surface area contributed by atoms with Gasteiger partial charge in [0.1, 0.15) is 11.4 Å². The maximum atomic E-state index is 12.2. The molecule has 0 saturated carbocycles. The average molecular weight is 947 g/mol. The molecule has 0 aliphatic rings. The number of para-hydroxylation sites is 2. The summed E-state index contributed by atoms with van der Waals surface area (Å²) in [5, 5.41) is 23.1. The van der Waals surface area contributed by atoms with Gasteiger partial charge in [-0.15, -0.1) is 0 Å². The van der Waals surface area contributed by atoms with Gasteiger partial charge in [0.15, 0.2) is 11.6 Å². The summed E-state index contributed by atoms with van der Waals surface area (Å²) in [7, 11) is 0. The molecule has 0 bridgehead atoms. The van der Waals surface area contributed by atoms with Crippen molar-refractivity contribution < 1.29 is 9.59 Å². The molecule has 6 N–H and O–H groups in total. The SMILES string of the molecule is CC(C)CC(=O)Nc1cncc(-c2ccc3[nH]nc(-c4nc5c(-c6cccnc6)cccc5[nH]4)c3c2)c1.CCC(=O)Nc1cncc(-c2ccc3[nH]nc(-c4nc5c(-c6cccnc6)cccc5[nH]4)c3c2)c1. The molecule has 0 saturated heterocycles. The number of hydrogen-bond acceptors (Lipinski definition) is 10. The van der Waals surface area contributed by atoms with Crippen LogP contribution in [0, 0.1) is 5.92 Å². The van der Waals surface area contributed by atoms with E-state index in [4.69, 9.17) is 9.97 Å². The Morgan fingerprint density at radius 1 is 0.500 bits per heavy atom. The number of fused-ring (bicyclic) bond motifs is 4. The number of aromatic amines is 4. The van der Waals surface area contributed by atoms with E-state index in [9.17, 15) is 9.59 Å². The first-order valence-electron chi connectivity index (χ1n) is 23.5. The molecule has 4 aromatic carbocycles. The van der Waals surface area contributed by atoms with Gasteiger partial charge in [-0.25, -0.2) is 9.97 Å². The van der Waals surface area contributed by atoms with Gasteiger partial charge in [0.05, 0.1) is 56.9 Å². The molecule has 16 heteroatoms. The largest absolute Gasteiger partial charge is 0.337 e. The molecule has 8 heterocycles. The molecule has 16 nitrogen and oxygen atoms in total. The lowest BCUT2D eigenvalue weighted by Gasteiger charge is -2.09. The van der Waals surface area contributed by atoms with Crippen LogP contribution in [0.3, 0.4) is 0 Å². The molecule has 12 rings (SSSR count). The maximum absolute atomic E-state index is 12.2. The first-order valence-corrected chi connectivity index (χ1v) is 23.5. The Bertz CT molecular complexity index is 3930. The van der Waals surface area contributed by atoms with Crippen LogP contribution in [0.25, 0.3) is 111 Å². The minimum Gasteiger partial charge on any atom is -0.337 e. The zero-order chi connectivity index (χ0) is 49.1. The molecule has 8 aromatic heterocycles. The van der Waals surface area contributed by atoms with Crippen LogP contribution < -0.4 is 10.6 Å². The third kappa shape index (κ3) is 9.14. The van der Waals surface area contributed by atoms with Crippen molar-refractivity contribution in [2.75, 3.05) is 10.6 Å². The number of anilines is 2. The van der Waals surface area contributed by atoms with Crippen molar-refractivity contribution in [3.63, 3.8) is 0 Å². The predicted octanol–water partition coefficient (Wildman–Crippen LogP) is 11.8. The molecule has 0 atom stereocenters. The highest BCUT2D eigenvalue weighted by Gasteiger charge is 2.18. The minimum absolute atomic E-state index is 0.0166. The van der Waals surface area contributed by atoms with Crippen LogP contribution in [0.15, 0.2) is 159 Å². The Hall–Kier alpha value is -9.70. The first kappa shape index (κ1) is 44.8. The lowest BCUT2D eigenvalue weighted by Crippen LogP contribution is -2.13. The van der Waals surface area contributed by atoms with E-state index in [1.54, 1.807) is 37.2 Å². The number of imidazole rings is 2. The number of nitrogens with zero attached hydrogens (tertiary/aromatic N) is 8. The third-order valence-corrected chi connectivity index (χ3v) is 12.2. The maximum Gasteiger partial charge on any atom is 0.224 e. The number of H-pyrrole nitrogens is 4. The Morgan fingerprint density at radius 3 is 1.44 bits per heavy atom. The van der Waals surface area contributed by atoms with Crippen LogP contribution >= 0.6 is 0 Å². The van der Waals surface area contributed by atoms with Crippen molar-refractivity contribution in [3.8, 4) is 67.5 Å². The van der Waals surface area contributed by atoms with Gasteiger partial charge >= 0.3 is 0 Å². The molecular weight excluding hydrogens is 901 g/mol. The fourth-order valence-electron chi connectivity index (χ4n) is 8.71. The topological polar surface area (TPSA) is 224 Å². The molecule has 0 aliphatic carbocycles. The van der Waals surface area contributed by atoms with Gasteiger partial charge in [0.25, 0.3) is 0 Å². The summed E-state index contributed by atoms with van der Waals surface area (Å²) < 4.78 is 0. The fraction of sp³-hybridized carbons (Fsp3) is 0.107. The number of benzene rings is 4. The van der Waals surface area contributed by atoms with E-state index in [2.05, 4.69) is 73.1 Å². The lowest BCUT2D eigenvalue weighted by atomic mass is 10.0. The number of hydrogen-bond donors (Lipinski definition) is 6. The standard InChI is InChI=1S/C29H25N7O.C27H21N7O/c1-17(2)11-26(37)32-21-12-20(15-31-16-21)18-8-9-24-23(13-18)28(36-35-24)29-33-25-7-3-6-22(27(25)34-29)19-5-4-10-30-14-19;1-2-24(35)30-19-11-18(14-29-15-19)16-8-9-22-21(12-16)26(34-33-22)27-31-23-7-3-6-20(25(23)32-27)17-5-4-10-28-13-17/h3-10,12-17H,11H2,1-2H3,(H,32,37)(H,33,34)(H,35,36);3-15H,2H2,1H3,(H,30,35)(H,31,32)(H,33,34).